The lowest BCUT2D eigenvalue weighted by molar-refractivity contribution is 0.188. The summed E-state index contributed by atoms with van der Waals surface area (Å²) in [6.45, 7) is 8.23. The molecule has 1 aliphatic heterocycles. The number of nitrogens with zero attached hydrogens (tertiary/aromatic N) is 1. The fourth-order valence-corrected chi connectivity index (χ4v) is 3.13. The van der Waals surface area contributed by atoms with Crippen molar-refractivity contribution in [2.45, 2.75) is 45.7 Å². The molecule has 0 amide bonds. The van der Waals surface area contributed by atoms with Crippen molar-refractivity contribution in [2.24, 2.45) is 0 Å². The highest BCUT2D eigenvalue weighted by atomic mass is 32.1. The highest BCUT2D eigenvalue weighted by molar-refractivity contribution is 7.11. The number of rotatable bonds is 4. The van der Waals surface area contributed by atoms with E-state index in [0.717, 1.165) is 26.1 Å². The lowest BCUT2D eigenvalue weighted by Crippen LogP contribution is -2.31. The Morgan fingerprint density at radius 1 is 1.62 bits per heavy atom. The van der Waals surface area contributed by atoms with Crippen LogP contribution in [0.5, 0.6) is 0 Å². The van der Waals surface area contributed by atoms with Crippen LogP contribution in [-0.4, -0.2) is 24.2 Å². The molecule has 4 heteroatoms. The van der Waals surface area contributed by atoms with Crippen molar-refractivity contribution in [1.82, 2.24) is 10.3 Å². The van der Waals surface area contributed by atoms with Crippen LogP contribution in [-0.2, 0) is 11.2 Å². The van der Waals surface area contributed by atoms with Crippen LogP contribution in [0.15, 0.2) is 0 Å². The third-order valence-electron chi connectivity index (χ3n) is 2.99. The lowest BCUT2D eigenvalue weighted by atomic mass is 10.2. The summed E-state index contributed by atoms with van der Waals surface area (Å²) in [6, 6.07) is 0.908. The van der Waals surface area contributed by atoms with Crippen molar-refractivity contribution in [1.29, 1.82) is 0 Å². The maximum Gasteiger partial charge on any atom is 0.0928 e. The average Bonchev–Trinajstić information content (AvgIpc) is 2.87. The predicted molar refractivity (Wildman–Crippen MR) is 67.0 cm³/mol. The van der Waals surface area contributed by atoms with Crippen LogP contribution in [0, 0.1) is 6.92 Å². The van der Waals surface area contributed by atoms with E-state index in [-0.39, 0.29) is 0 Å². The molecule has 1 aromatic heterocycles. The molecule has 0 radical (unpaired) electrons. The van der Waals surface area contributed by atoms with E-state index in [1.807, 2.05) is 11.3 Å². The first kappa shape index (κ1) is 12.0. The number of aromatic nitrogens is 1. The van der Waals surface area contributed by atoms with E-state index in [1.165, 1.54) is 15.6 Å². The monoisotopic (exact) mass is 240 g/mol. The molecule has 2 unspecified atom stereocenters. The molecule has 0 bridgehead atoms. The SMILES string of the molecule is CCc1nc(C)c(C(C)NC2CCOC2)s1. The van der Waals surface area contributed by atoms with Crippen molar-refractivity contribution in [3.8, 4) is 0 Å². The van der Waals surface area contributed by atoms with Gasteiger partial charge in [0.2, 0.25) is 0 Å². The summed E-state index contributed by atoms with van der Waals surface area (Å²) in [7, 11) is 0. The first-order chi connectivity index (χ1) is 7.70. The maximum atomic E-state index is 5.38. The molecule has 2 rings (SSSR count). The Labute approximate surface area is 101 Å². The second kappa shape index (κ2) is 5.25. The number of thiazole rings is 1. The van der Waals surface area contributed by atoms with Crippen LogP contribution in [0.4, 0.5) is 0 Å². The summed E-state index contributed by atoms with van der Waals surface area (Å²) in [6.07, 6.45) is 2.16. The molecule has 2 atom stereocenters. The molecule has 3 nitrogen and oxygen atoms in total. The second-order valence-corrected chi connectivity index (χ2v) is 5.47. The van der Waals surface area contributed by atoms with Crippen LogP contribution in [0.1, 0.15) is 41.9 Å². The third-order valence-corrected chi connectivity index (χ3v) is 4.47. The lowest BCUT2D eigenvalue weighted by Gasteiger charge is -2.17. The molecule has 0 aliphatic carbocycles. The first-order valence-electron chi connectivity index (χ1n) is 6.00. The number of nitrogens with one attached hydrogen (secondary N) is 1. The minimum Gasteiger partial charge on any atom is -0.380 e. The minimum atomic E-state index is 0.393. The Morgan fingerprint density at radius 2 is 2.44 bits per heavy atom. The van der Waals surface area contributed by atoms with E-state index >= 15 is 0 Å². The third kappa shape index (κ3) is 2.62. The summed E-state index contributed by atoms with van der Waals surface area (Å²) in [5, 5.41) is 4.86. The van der Waals surface area contributed by atoms with Gasteiger partial charge in [-0.25, -0.2) is 4.98 Å². The minimum absolute atomic E-state index is 0.393. The molecule has 16 heavy (non-hydrogen) atoms. The van der Waals surface area contributed by atoms with Crippen molar-refractivity contribution >= 4 is 11.3 Å². The summed E-state index contributed by atoms with van der Waals surface area (Å²) in [5.41, 5.74) is 1.18. The predicted octanol–water partition coefficient (Wildman–Crippen LogP) is 2.45. The van der Waals surface area contributed by atoms with Crippen LogP contribution in [0.3, 0.4) is 0 Å². The van der Waals surface area contributed by atoms with E-state index in [1.54, 1.807) is 0 Å². The Kier molecular flexibility index (Phi) is 3.95. The zero-order valence-corrected chi connectivity index (χ0v) is 11.1. The zero-order chi connectivity index (χ0) is 11.5. The molecule has 1 N–H and O–H groups in total. The summed E-state index contributed by atoms with van der Waals surface area (Å²) in [4.78, 5) is 5.95. The molecule has 0 spiro atoms. The number of hydrogen-bond acceptors (Lipinski definition) is 4. The Balaban J connectivity index is 2.01. The number of hydrogen-bond donors (Lipinski definition) is 1. The largest absolute Gasteiger partial charge is 0.380 e. The molecule has 1 fully saturated rings. The maximum absolute atomic E-state index is 5.38. The van der Waals surface area contributed by atoms with Crippen LogP contribution in [0.2, 0.25) is 0 Å². The van der Waals surface area contributed by atoms with Gasteiger partial charge < -0.3 is 10.1 Å². The van der Waals surface area contributed by atoms with Crippen LogP contribution >= 0.6 is 11.3 Å². The van der Waals surface area contributed by atoms with Gasteiger partial charge in [-0.2, -0.15) is 0 Å². The van der Waals surface area contributed by atoms with Crippen molar-refractivity contribution in [2.75, 3.05) is 13.2 Å². The highest BCUT2D eigenvalue weighted by Gasteiger charge is 2.20. The van der Waals surface area contributed by atoms with E-state index < -0.39 is 0 Å². The number of ether oxygens (including phenoxy) is 1. The van der Waals surface area contributed by atoms with Gasteiger partial charge in [0.05, 0.1) is 17.3 Å². The molecule has 1 saturated heterocycles. The molecular weight excluding hydrogens is 220 g/mol. The van der Waals surface area contributed by atoms with E-state index in [2.05, 4.69) is 31.1 Å². The van der Waals surface area contributed by atoms with Crippen molar-refractivity contribution in [3.05, 3.63) is 15.6 Å². The average molecular weight is 240 g/mol. The first-order valence-corrected chi connectivity index (χ1v) is 6.82. The topological polar surface area (TPSA) is 34.2 Å². The highest BCUT2D eigenvalue weighted by Crippen LogP contribution is 2.26. The van der Waals surface area contributed by atoms with Gasteiger partial charge in [0.25, 0.3) is 0 Å². The molecule has 1 aromatic rings. The van der Waals surface area contributed by atoms with Gasteiger partial charge in [-0.1, -0.05) is 6.92 Å². The van der Waals surface area contributed by atoms with Crippen molar-refractivity contribution in [3.63, 3.8) is 0 Å². The smallest absolute Gasteiger partial charge is 0.0928 e. The standard InChI is InChI=1S/C12H20N2OS/c1-4-11-14-9(3)12(16-11)8(2)13-10-5-6-15-7-10/h8,10,13H,4-7H2,1-3H3. The molecular formula is C12H20N2OS. The molecule has 0 aromatic carbocycles. The summed E-state index contributed by atoms with van der Waals surface area (Å²) in [5.74, 6) is 0. The molecule has 2 heterocycles. The second-order valence-electron chi connectivity index (χ2n) is 4.36. The van der Waals surface area contributed by atoms with Crippen LogP contribution in [0.25, 0.3) is 0 Å². The van der Waals surface area contributed by atoms with Gasteiger partial charge in [-0.15, -0.1) is 11.3 Å². The molecule has 1 aliphatic rings. The van der Waals surface area contributed by atoms with E-state index in [0.29, 0.717) is 12.1 Å². The van der Waals surface area contributed by atoms with E-state index in [9.17, 15) is 0 Å². The Bertz CT molecular complexity index is 345. The fraction of sp³-hybridized carbons (Fsp3) is 0.750. The fourth-order valence-electron chi connectivity index (χ4n) is 2.11. The molecule has 0 saturated carbocycles. The Hall–Kier alpha value is -0.450. The summed E-state index contributed by atoms with van der Waals surface area (Å²) >= 11 is 1.84. The van der Waals surface area contributed by atoms with Gasteiger partial charge in [0, 0.05) is 23.6 Å². The normalized spacial score (nSPS) is 22.6. The van der Waals surface area contributed by atoms with Gasteiger partial charge in [-0.3, -0.25) is 0 Å². The summed E-state index contributed by atoms with van der Waals surface area (Å²) < 4.78 is 5.38. The zero-order valence-electron chi connectivity index (χ0n) is 10.2. The Morgan fingerprint density at radius 3 is 3.00 bits per heavy atom. The molecule has 90 valence electrons. The van der Waals surface area contributed by atoms with Gasteiger partial charge in [0.15, 0.2) is 0 Å². The van der Waals surface area contributed by atoms with Crippen molar-refractivity contribution < 1.29 is 4.74 Å². The van der Waals surface area contributed by atoms with Gasteiger partial charge in [-0.05, 0) is 26.7 Å². The van der Waals surface area contributed by atoms with Gasteiger partial charge >= 0.3 is 0 Å². The van der Waals surface area contributed by atoms with Crippen LogP contribution < -0.4 is 5.32 Å². The van der Waals surface area contributed by atoms with E-state index in [4.69, 9.17) is 4.74 Å². The number of aryl methyl sites for hydroxylation is 2. The quantitative estimate of drug-likeness (QED) is 0.878. The van der Waals surface area contributed by atoms with Gasteiger partial charge in [0.1, 0.15) is 0 Å².